The lowest BCUT2D eigenvalue weighted by Crippen LogP contribution is -2.41. The van der Waals surface area contributed by atoms with Crippen LogP contribution >= 0.6 is 22.9 Å². The lowest BCUT2D eigenvalue weighted by atomic mass is 9.95. The highest BCUT2D eigenvalue weighted by Crippen LogP contribution is 2.35. The van der Waals surface area contributed by atoms with Crippen LogP contribution in [0.15, 0.2) is 72.8 Å². The number of fused-ring (bicyclic) bond motifs is 1. The van der Waals surface area contributed by atoms with Crippen LogP contribution in [0.5, 0.6) is 0 Å². The van der Waals surface area contributed by atoms with Crippen molar-refractivity contribution in [3.8, 4) is 10.6 Å². The van der Waals surface area contributed by atoms with E-state index in [0.717, 1.165) is 26.5 Å². The van der Waals surface area contributed by atoms with Crippen molar-refractivity contribution in [2.45, 2.75) is 12.8 Å². The molecular weight excluding hydrogens is 454 g/mol. The van der Waals surface area contributed by atoms with E-state index in [1.807, 2.05) is 47.4 Å². The topological polar surface area (TPSA) is 62.3 Å². The molecule has 3 aromatic carbocycles. The Bertz CT molecular complexity index is 1280. The number of anilines is 1. The number of amides is 2. The van der Waals surface area contributed by atoms with Crippen molar-refractivity contribution in [3.63, 3.8) is 0 Å². The van der Waals surface area contributed by atoms with Gasteiger partial charge in [0.25, 0.3) is 5.91 Å². The molecule has 5 nitrogen and oxygen atoms in total. The Kier molecular flexibility index (Phi) is 6.11. The maximum Gasteiger partial charge on any atom is 0.253 e. The molecule has 4 aromatic rings. The molecule has 1 fully saturated rings. The van der Waals surface area contributed by atoms with E-state index in [9.17, 15) is 9.59 Å². The van der Waals surface area contributed by atoms with Gasteiger partial charge in [0.1, 0.15) is 5.01 Å². The zero-order chi connectivity index (χ0) is 22.8. The van der Waals surface area contributed by atoms with Crippen LogP contribution in [0.1, 0.15) is 23.2 Å². The molecule has 2 amide bonds. The van der Waals surface area contributed by atoms with Crippen molar-refractivity contribution < 1.29 is 9.59 Å². The number of thiazole rings is 1. The third kappa shape index (κ3) is 4.63. The molecule has 2 heterocycles. The van der Waals surface area contributed by atoms with Gasteiger partial charge in [0, 0.05) is 35.2 Å². The maximum absolute atomic E-state index is 13.1. The first kappa shape index (κ1) is 21.6. The van der Waals surface area contributed by atoms with Crippen LogP contribution in [0.4, 0.5) is 5.69 Å². The van der Waals surface area contributed by atoms with Gasteiger partial charge in [0.2, 0.25) is 5.91 Å². The van der Waals surface area contributed by atoms with Gasteiger partial charge < -0.3 is 10.2 Å². The fraction of sp³-hybridized carbons (Fsp3) is 0.192. The molecule has 1 saturated heterocycles. The first-order chi connectivity index (χ1) is 16.1. The third-order valence-electron chi connectivity index (χ3n) is 5.95. The SMILES string of the molecule is O=C(Nc1ccccc1-c1nc2ccccc2s1)C1CCN(C(=O)c2ccc(Cl)cc2)CC1. The molecule has 7 heteroatoms. The Morgan fingerprint density at radius 3 is 2.39 bits per heavy atom. The first-order valence-electron chi connectivity index (χ1n) is 10.9. The highest BCUT2D eigenvalue weighted by atomic mass is 35.5. The molecular formula is C26H22ClN3O2S. The molecule has 33 heavy (non-hydrogen) atoms. The van der Waals surface area contributed by atoms with Crippen LogP contribution < -0.4 is 5.32 Å². The number of carbonyl (C=O) groups excluding carboxylic acids is 2. The molecule has 0 aliphatic carbocycles. The number of hydrogen-bond donors (Lipinski definition) is 1. The van der Waals surface area contributed by atoms with E-state index in [1.165, 1.54) is 0 Å². The van der Waals surface area contributed by atoms with Crippen LogP contribution in [0, 0.1) is 5.92 Å². The smallest absolute Gasteiger partial charge is 0.253 e. The largest absolute Gasteiger partial charge is 0.339 e. The van der Waals surface area contributed by atoms with Crippen LogP contribution in [0.3, 0.4) is 0 Å². The zero-order valence-corrected chi connectivity index (χ0v) is 19.4. The minimum absolute atomic E-state index is 0.0119. The number of halogens is 1. The molecule has 1 aromatic heterocycles. The fourth-order valence-electron chi connectivity index (χ4n) is 4.12. The molecule has 0 saturated carbocycles. The Balaban J connectivity index is 1.26. The quantitative estimate of drug-likeness (QED) is 0.387. The lowest BCUT2D eigenvalue weighted by molar-refractivity contribution is -0.121. The molecule has 0 radical (unpaired) electrons. The van der Waals surface area contributed by atoms with E-state index in [2.05, 4.69) is 11.4 Å². The molecule has 5 rings (SSSR count). The minimum atomic E-state index is -0.136. The van der Waals surface area contributed by atoms with Crippen LogP contribution in [0.25, 0.3) is 20.8 Å². The van der Waals surface area contributed by atoms with Crippen molar-refractivity contribution >= 4 is 50.7 Å². The molecule has 0 spiro atoms. The van der Waals surface area contributed by atoms with E-state index >= 15 is 0 Å². The summed E-state index contributed by atoms with van der Waals surface area (Å²) in [6.45, 7) is 1.11. The monoisotopic (exact) mass is 475 g/mol. The summed E-state index contributed by atoms with van der Waals surface area (Å²) >= 11 is 7.54. The normalized spacial score (nSPS) is 14.4. The Morgan fingerprint density at radius 2 is 1.64 bits per heavy atom. The number of benzene rings is 3. The van der Waals surface area contributed by atoms with Gasteiger partial charge in [-0.3, -0.25) is 9.59 Å². The summed E-state index contributed by atoms with van der Waals surface area (Å²) in [7, 11) is 0. The number of para-hydroxylation sites is 2. The number of piperidine rings is 1. The minimum Gasteiger partial charge on any atom is -0.339 e. The number of hydrogen-bond acceptors (Lipinski definition) is 4. The average molecular weight is 476 g/mol. The predicted octanol–water partition coefficient (Wildman–Crippen LogP) is 6.11. The summed E-state index contributed by atoms with van der Waals surface area (Å²) in [6.07, 6.45) is 1.27. The van der Waals surface area contributed by atoms with Crippen LogP contribution in [-0.4, -0.2) is 34.8 Å². The van der Waals surface area contributed by atoms with Gasteiger partial charge in [0.15, 0.2) is 0 Å². The summed E-state index contributed by atoms with van der Waals surface area (Å²) in [6, 6.07) is 22.7. The summed E-state index contributed by atoms with van der Waals surface area (Å²) in [5.74, 6) is -0.170. The predicted molar refractivity (Wildman–Crippen MR) is 134 cm³/mol. The van der Waals surface area contributed by atoms with Gasteiger partial charge >= 0.3 is 0 Å². The van der Waals surface area contributed by atoms with Crippen LogP contribution in [-0.2, 0) is 4.79 Å². The molecule has 166 valence electrons. The van der Waals surface area contributed by atoms with Crippen molar-refractivity contribution in [3.05, 3.63) is 83.4 Å². The summed E-state index contributed by atoms with van der Waals surface area (Å²) < 4.78 is 1.12. The number of aromatic nitrogens is 1. The molecule has 0 atom stereocenters. The lowest BCUT2D eigenvalue weighted by Gasteiger charge is -2.31. The van der Waals surface area contributed by atoms with Gasteiger partial charge in [-0.1, -0.05) is 35.9 Å². The first-order valence-corrected chi connectivity index (χ1v) is 12.1. The average Bonchev–Trinajstić information content (AvgIpc) is 3.29. The number of nitrogens with zero attached hydrogens (tertiary/aromatic N) is 2. The molecule has 0 unspecified atom stereocenters. The number of carbonyl (C=O) groups is 2. The van der Waals surface area contributed by atoms with Gasteiger partial charge in [-0.25, -0.2) is 4.98 Å². The van der Waals surface area contributed by atoms with Crippen molar-refractivity contribution in [2.24, 2.45) is 5.92 Å². The van der Waals surface area contributed by atoms with Crippen molar-refractivity contribution in [1.29, 1.82) is 0 Å². The maximum atomic E-state index is 13.1. The van der Waals surface area contributed by atoms with E-state index < -0.39 is 0 Å². The summed E-state index contributed by atoms with van der Waals surface area (Å²) in [4.78, 5) is 32.3. The second kappa shape index (κ2) is 9.33. The summed E-state index contributed by atoms with van der Waals surface area (Å²) in [5, 5.41) is 4.60. The van der Waals surface area contributed by atoms with Crippen molar-refractivity contribution in [1.82, 2.24) is 9.88 Å². The van der Waals surface area contributed by atoms with E-state index in [-0.39, 0.29) is 17.7 Å². The highest BCUT2D eigenvalue weighted by Gasteiger charge is 2.28. The van der Waals surface area contributed by atoms with Gasteiger partial charge in [-0.15, -0.1) is 11.3 Å². The van der Waals surface area contributed by atoms with Gasteiger partial charge in [0.05, 0.1) is 15.9 Å². The van der Waals surface area contributed by atoms with Gasteiger partial charge in [-0.2, -0.15) is 0 Å². The number of nitrogens with one attached hydrogen (secondary N) is 1. The Hall–Kier alpha value is -3.22. The fourth-order valence-corrected chi connectivity index (χ4v) is 5.25. The summed E-state index contributed by atoms with van der Waals surface area (Å²) in [5.41, 5.74) is 3.26. The Labute approximate surface area is 201 Å². The molecule has 1 aliphatic rings. The second-order valence-electron chi connectivity index (χ2n) is 8.09. The molecule has 0 bridgehead atoms. The second-order valence-corrected chi connectivity index (χ2v) is 9.56. The number of likely N-dealkylation sites (tertiary alicyclic amines) is 1. The van der Waals surface area contributed by atoms with Crippen LogP contribution in [0.2, 0.25) is 5.02 Å². The van der Waals surface area contributed by atoms with E-state index in [1.54, 1.807) is 35.6 Å². The molecule has 1 aliphatic heterocycles. The highest BCUT2D eigenvalue weighted by molar-refractivity contribution is 7.21. The van der Waals surface area contributed by atoms with Crippen molar-refractivity contribution in [2.75, 3.05) is 18.4 Å². The number of rotatable bonds is 4. The van der Waals surface area contributed by atoms with E-state index in [0.29, 0.717) is 36.5 Å². The Morgan fingerprint density at radius 1 is 0.939 bits per heavy atom. The van der Waals surface area contributed by atoms with E-state index in [4.69, 9.17) is 16.6 Å². The standard InChI is InChI=1S/C26H22ClN3O2S/c27-19-11-9-18(10-12-19)26(32)30-15-13-17(14-16-30)24(31)28-21-6-2-1-5-20(21)25-29-22-7-3-4-8-23(22)33-25/h1-12,17H,13-16H2,(H,28,31). The third-order valence-corrected chi connectivity index (χ3v) is 7.28. The zero-order valence-electron chi connectivity index (χ0n) is 17.8. The van der Waals surface area contributed by atoms with Gasteiger partial charge in [-0.05, 0) is 61.4 Å². The molecule has 1 N–H and O–H groups in total.